The molecule has 0 radical (unpaired) electrons. The van der Waals surface area contributed by atoms with E-state index in [1.54, 1.807) is 0 Å². The highest BCUT2D eigenvalue weighted by molar-refractivity contribution is 5.30. The molecule has 2 aromatic rings. The summed E-state index contributed by atoms with van der Waals surface area (Å²) in [6, 6.07) is 11.8. The Balaban J connectivity index is 1.60. The molecule has 1 fully saturated rings. The Hall–Kier alpha value is -1.77. The van der Waals surface area contributed by atoms with Crippen molar-refractivity contribution in [2.75, 3.05) is 5.32 Å². The zero-order valence-electron chi connectivity index (χ0n) is 11.4. The second kappa shape index (κ2) is 5.47. The van der Waals surface area contributed by atoms with Crippen molar-refractivity contribution in [3.8, 4) is 0 Å². The summed E-state index contributed by atoms with van der Waals surface area (Å²) in [6.07, 6.45) is 8.80. The van der Waals surface area contributed by atoms with Crippen molar-refractivity contribution in [1.82, 2.24) is 9.55 Å². The van der Waals surface area contributed by atoms with Crippen molar-refractivity contribution in [3.05, 3.63) is 48.3 Å². The molecular formula is C16H21N3. The molecule has 0 bridgehead atoms. The summed E-state index contributed by atoms with van der Waals surface area (Å²) >= 11 is 0. The zero-order valence-corrected chi connectivity index (χ0v) is 11.4. The van der Waals surface area contributed by atoms with Gasteiger partial charge in [-0.15, -0.1) is 0 Å². The fraction of sp³-hybridized carbons (Fsp3) is 0.438. The molecule has 0 amide bonds. The van der Waals surface area contributed by atoms with Gasteiger partial charge in [0.15, 0.2) is 0 Å². The number of hydrogen-bond acceptors (Lipinski definition) is 2. The van der Waals surface area contributed by atoms with E-state index in [2.05, 4.69) is 58.3 Å². The van der Waals surface area contributed by atoms with Crippen LogP contribution in [0.15, 0.2) is 42.7 Å². The molecule has 0 saturated heterocycles. The number of hydrogen-bond donors (Lipinski definition) is 1. The van der Waals surface area contributed by atoms with Crippen molar-refractivity contribution >= 4 is 5.95 Å². The first-order chi connectivity index (χ1) is 9.33. The van der Waals surface area contributed by atoms with E-state index in [9.17, 15) is 0 Å². The monoisotopic (exact) mass is 255 g/mol. The maximum Gasteiger partial charge on any atom is 0.203 e. The molecule has 3 heteroatoms. The van der Waals surface area contributed by atoms with Gasteiger partial charge in [0.1, 0.15) is 0 Å². The van der Waals surface area contributed by atoms with E-state index in [1.165, 1.54) is 18.4 Å². The summed E-state index contributed by atoms with van der Waals surface area (Å²) in [5.41, 5.74) is 1.41. The topological polar surface area (TPSA) is 29.9 Å². The van der Waals surface area contributed by atoms with Gasteiger partial charge in [-0.05, 0) is 38.2 Å². The van der Waals surface area contributed by atoms with Crippen LogP contribution in [0.4, 0.5) is 5.95 Å². The lowest BCUT2D eigenvalue weighted by Gasteiger charge is -2.17. The minimum atomic E-state index is 0.476. The van der Waals surface area contributed by atoms with Crippen LogP contribution in [0, 0.1) is 0 Å². The van der Waals surface area contributed by atoms with Gasteiger partial charge in [-0.3, -0.25) is 0 Å². The van der Waals surface area contributed by atoms with Gasteiger partial charge in [0.2, 0.25) is 5.95 Å². The van der Waals surface area contributed by atoms with Crippen LogP contribution in [0.2, 0.25) is 0 Å². The smallest absolute Gasteiger partial charge is 0.203 e. The van der Waals surface area contributed by atoms with Crippen LogP contribution in [0.25, 0.3) is 0 Å². The number of imidazole rings is 1. The second-order valence-electron chi connectivity index (χ2n) is 5.45. The Kier molecular flexibility index (Phi) is 3.53. The molecular weight excluding hydrogens is 234 g/mol. The lowest BCUT2D eigenvalue weighted by atomic mass is 10.1. The quantitative estimate of drug-likeness (QED) is 0.854. The van der Waals surface area contributed by atoms with E-state index in [0.29, 0.717) is 12.1 Å². The van der Waals surface area contributed by atoms with E-state index in [-0.39, 0.29) is 0 Å². The number of aryl methyl sites for hydroxylation is 1. The lowest BCUT2D eigenvalue weighted by molar-refractivity contribution is 0.511. The molecule has 1 heterocycles. The van der Waals surface area contributed by atoms with Crippen molar-refractivity contribution in [3.63, 3.8) is 0 Å². The summed E-state index contributed by atoms with van der Waals surface area (Å²) in [6.45, 7) is 2.27. The maximum absolute atomic E-state index is 4.42. The molecule has 1 aromatic carbocycles. The normalized spacial score (nSPS) is 16.3. The average Bonchev–Trinajstić information content (AvgIpc) is 3.13. The third-order valence-corrected chi connectivity index (χ3v) is 3.75. The Bertz CT molecular complexity index is 514. The van der Waals surface area contributed by atoms with Gasteiger partial charge in [-0.2, -0.15) is 0 Å². The SMILES string of the molecule is CC(CCc1ccccc1)n1ccnc1NC1CC1. The number of aromatic nitrogens is 2. The van der Waals surface area contributed by atoms with Crippen LogP contribution in [-0.4, -0.2) is 15.6 Å². The van der Waals surface area contributed by atoms with Gasteiger partial charge in [0.25, 0.3) is 0 Å². The highest BCUT2D eigenvalue weighted by Gasteiger charge is 2.23. The summed E-state index contributed by atoms with van der Waals surface area (Å²) in [4.78, 5) is 4.42. The number of benzene rings is 1. The second-order valence-corrected chi connectivity index (χ2v) is 5.45. The molecule has 1 aliphatic carbocycles. The molecule has 1 N–H and O–H groups in total. The first-order valence-electron chi connectivity index (χ1n) is 7.16. The molecule has 19 heavy (non-hydrogen) atoms. The summed E-state index contributed by atoms with van der Waals surface area (Å²) in [5, 5.41) is 3.50. The Morgan fingerprint density at radius 1 is 1.32 bits per heavy atom. The van der Waals surface area contributed by atoms with Gasteiger partial charge in [-0.1, -0.05) is 30.3 Å². The van der Waals surface area contributed by atoms with E-state index in [4.69, 9.17) is 0 Å². The van der Waals surface area contributed by atoms with Crippen molar-refractivity contribution in [2.45, 2.75) is 44.7 Å². The molecule has 3 nitrogen and oxygen atoms in total. The first kappa shape index (κ1) is 12.3. The van der Waals surface area contributed by atoms with Gasteiger partial charge in [0, 0.05) is 24.5 Å². The number of nitrogens with one attached hydrogen (secondary N) is 1. The highest BCUT2D eigenvalue weighted by Crippen LogP contribution is 2.26. The van der Waals surface area contributed by atoms with Crippen molar-refractivity contribution in [1.29, 1.82) is 0 Å². The fourth-order valence-electron chi connectivity index (χ4n) is 2.35. The van der Waals surface area contributed by atoms with Crippen LogP contribution < -0.4 is 5.32 Å². The van der Waals surface area contributed by atoms with Gasteiger partial charge in [-0.25, -0.2) is 4.98 Å². The molecule has 1 aliphatic rings. The predicted octanol–water partition coefficient (Wildman–Crippen LogP) is 3.65. The summed E-state index contributed by atoms with van der Waals surface area (Å²) in [5.74, 6) is 1.03. The van der Waals surface area contributed by atoms with E-state index >= 15 is 0 Å². The van der Waals surface area contributed by atoms with Gasteiger partial charge >= 0.3 is 0 Å². The van der Waals surface area contributed by atoms with Crippen LogP contribution >= 0.6 is 0 Å². The molecule has 3 rings (SSSR count). The summed E-state index contributed by atoms with van der Waals surface area (Å²) in [7, 11) is 0. The Labute approximate surface area is 114 Å². The molecule has 1 atom stereocenters. The lowest BCUT2D eigenvalue weighted by Crippen LogP contribution is -2.12. The fourth-order valence-corrected chi connectivity index (χ4v) is 2.35. The third-order valence-electron chi connectivity index (χ3n) is 3.75. The highest BCUT2D eigenvalue weighted by atomic mass is 15.2. The van der Waals surface area contributed by atoms with Gasteiger partial charge in [0.05, 0.1) is 0 Å². The van der Waals surface area contributed by atoms with Crippen LogP contribution in [0.5, 0.6) is 0 Å². The minimum Gasteiger partial charge on any atom is -0.353 e. The zero-order chi connectivity index (χ0) is 13.1. The molecule has 1 unspecified atom stereocenters. The maximum atomic E-state index is 4.42. The molecule has 0 spiro atoms. The van der Waals surface area contributed by atoms with Crippen LogP contribution in [-0.2, 0) is 6.42 Å². The average molecular weight is 255 g/mol. The van der Waals surface area contributed by atoms with E-state index in [0.717, 1.165) is 18.8 Å². The molecule has 0 aliphatic heterocycles. The number of anilines is 1. The van der Waals surface area contributed by atoms with Crippen LogP contribution in [0.1, 0.15) is 37.8 Å². The molecule has 1 aromatic heterocycles. The van der Waals surface area contributed by atoms with Crippen molar-refractivity contribution < 1.29 is 0 Å². The van der Waals surface area contributed by atoms with Crippen LogP contribution in [0.3, 0.4) is 0 Å². The molecule has 1 saturated carbocycles. The van der Waals surface area contributed by atoms with E-state index < -0.39 is 0 Å². The van der Waals surface area contributed by atoms with Crippen molar-refractivity contribution in [2.24, 2.45) is 0 Å². The van der Waals surface area contributed by atoms with E-state index in [1.807, 2.05) is 6.20 Å². The first-order valence-corrected chi connectivity index (χ1v) is 7.16. The largest absolute Gasteiger partial charge is 0.353 e. The minimum absolute atomic E-state index is 0.476. The molecule has 100 valence electrons. The predicted molar refractivity (Wildman–Crippen MR) is 78.3 cm³/mol. The standard InChI is InChI=1S/C16H21N3/c1-13(7-8-14-5-3-2-4-6-14)19-12-11-17-16(19)18-15-9-10-15/h2-6,11-13,15H,7-10H2,1H3,(H,17,18). The Morgan fingerprint density at radius 3 is 2.84 bits per heavy atom. The number of rotatable bonds is 6. The third kappa shape index (κ3) is 3.16. The van der Waals surface area contributed by atoms with Gasteiger partial charge < -0.3 is 9.88 Å². The Morgan fingerprint density at radius 2 is 2.11 bits per heavy atom. The number of nitrogens with zero attached hydrogens (tertiary/aromatic N) is 2. The summed E-state index contributed by atoms with van der Waals surface area (Å²) < 4.78 is 2.27.